The van der Waals surface area contributed by atoms with Crippen molar-refractivity contribution in [1.82, 2.24) is 4.90 Å². The van der Waals surface area contributed by atoms with Gasteiger partial charge >= 0.3 is 0 Å². The molecular weight excluding hydrogens is 234 g/mol. The number of Topliss-reactive ketones (excluding diaryl/α,β-unsaturated/α-hetero) is 1. The Morgan fingerprint density at radius 3 is 2.53 bits per heavy atom. The first-order valence-electron chi connectivity index (χ1n) is 7.56. The van der Waals surface area contributed by atoms with Crippen molar-refractivity contribution in [2.24, 2.45) is 5.92 Å². The molecule has 2 heteroatoms. The Morgan fingerprint density at radius 2 is 1.89 bits per heavy atom. The molecule has 0 unspecified atom stereocenters. The van der Waals surface area contributed by atoms with E-state index in [2.05, 4.69) is 11.8 Å². The van der Waals surface area contributed by atoms with Gasteiger partial charge in [0.1, 0.15) is 0 Å². The van der Waals surface area contributed by atoms with Crippen LogP contribution in [0.2, 0.25) is 0 Å². The zero-order valence-corrected chi connectivity index (χ0v) is 12.0. The van der Waals surface area contributed by atoms with Crippen LogP contribution in [-0.4, -0.2) is 30.3 Å². The van der Waals surface area contributed by atoms with Crippen LogP contribution in [0, 0.1) is 5.92 Å². The summed E-state index contributed by atoms with van der Waals surface area (Å²) in [5, 5.41) is 0. The summed E-state index contributed by atoms with van der Waals surface area (Å²) in [6, 6.07) is 10.1. The van der Waals surface area contributed by atoms with Crippen LogP contribution in [0.5, 0.6) is 0 Å². The van der Waals surface area contributed by atoms with Crippen molar-refractivity contribution in [1.29, 1.82) is 0 Å². The molecule has 0 saturated carbocycles. The SMILES string of the molecule is CCCC1CCN(CC(=O)Cc2ccccc2)CC1. The number of hydrogen-bond donors (Lipinski definition) is 0. The van der Waals surface area contributed by atoms with Crippen LogP contribution in [0.3, 0.4) is 0 Å². The Labute approximate surface area is 116 Å². The normalized spacial score (nSPS) is 17.5. The van der Waals surface area contributed by atoms with Gasteiger partial charge in [0.05, 0.1) is 6.54 Å². The van der Waals surface area contributed by atoms with Crippen molar-refractivity contribution >= 4 is 5.78 Å². The largest absolute Gasteiger partial charge is 0.298 e. The van der Waals surface area contributed by atoms with E-state index in [1.165, 1.54) is 25.7 Å². The number of hydrogen-bond acceptors (Lipinski definition) is 2. The van der Waals surface area contributed by atoms with Crippen molar-refractivity contribution < 1.29 is 4.79 Å². The second-order valence-corrected chi connectivity index (χ2v) is 5.71. The molecular formula is C17H25NO. The second-order valence-electron chi connectivity index (χ2n) is 5.71. The van der Waals surface area contributed by atoms with Gasteiger partial charge < -0.3 is 0 Å². The highest BCUT2D eigenvalue weighted by Crippen LogP contribution is 2.21. The van der Waals surface area contributed by atoms with Crippen molar-refractivity contribution in [3.63, 3.8) is 0 Å². The molecule has 104 valence electrons. The molecule has 0 amide bonds. The van der Waals surface area contributed by atoms with Gasteiger partial charge in [0.15, 0.2) is 5.78 Å². The van der Waals surface area contributed by atoms with Gasteiger partial charge in [-0.1, -0.05) is 50.1 Å². The lowest BCUT2D eigenvalue weighted by atomic mass is 9.92. The molecule has 0 spiro atoms. The molecule has 0 atom stereocenters. The van der Waals surface area contributed by atoms with Crippen LogP contribution < -0.4 is 0 Å². The maximum Gasteiger partial charge on any atom is 0.151 e. The fourth-order valence-corrected chi connectivity index (χ4v) is 2.97. The van der Waals surface area contributed by atoms with Crippen LogP contribution in [0.15, 0.2) is 30.3 Å². The van der Waals surface area contributed by atoms with Gasteiger partial charge in [-0.25, -0.2) is 0 Å². The van der Waals surface area contributed by atoms with Gasteiger partial charge in [-0.2, -0.15) is 0 Å². The fraction of sp³-hybridized carbons (Fsp3) is 0.588. The third-order valence-electron chi connectivity index (χ3n) is 4.05. The van der Waals surface area contributed by atoms with E-state index in [4.69, 9.17) is 0 Å². The monoisotopic (exact) mass is 259 g/mol. The van der Waals surface area contributed by atoms with Crippen molar-refractivity contribution in [2.75, 3.05) is 19.6 Å². The summed E-state index contributed by atoms with van der Waals surface area (Å²) >= 11 is 0. The Hall–Kier alpha value is -1.15. The zero-order valence-electron chi connectivity index (χ0n) is 12.0. The topological polar surface area (TPSA) is 20.3 Å². The van der Waals surface area contributed by atoms with E-state index >= 15 is 0 Å². The third-order valence-corrected chi connectivity index (χ3v) is 4.05. The van der Waals surface area contributed by atoms with Gasteiger partial charge in [0.2, 0.25) is 0 Å². The quantitative estimate of drug-likeness (QED) is 0.781. The zero-order chi connectivity index (χ0) is 13.5. The first-order chi connectivity index (χ1) is 9.28. The second kappa shape index (κ2) is 7.44. The molecule has 1 aliphatic rings. The molecule has 2 nitrogen and oxygen atoms in total. The summed E-state index contributed by atoms with van der Waals surface area (Å²) in [4.78, 5) is 14.4. The number of likely N-dealkylation sites (tertiary alicyclic amines) is 1. The lowest BCUT2D eigenvalue weighted by Gasteiger charge is -2.31. The van der Waals surface area contributed by atoms with Crippen LogP contribution in [0.25, 0.3) is 0 Å². The molecule has 0 radical (unpaired) electrons. The standard InChI is InChI=1S/C17H25NO/c1-2-6-15-9-11-18(12-10-15)14-17(19)13-16-7-4-3-5-8-16/h3-5,7-8,15H,2,6,9-14H2,1H3. The molecule has 0 N–H and O–H groups in total. The van der Waals surface area contributed by atoms with E-state index in [0.717, 1.165) is 24.6 Å². The maximum absolute atomic E-state index is 12.0. The molecule has 0 aromatic heterocycles. The lowest BCUT2D eigenvalue weighted by Crippen LogP contribution is -2.37. The molecule has 1 aromatic rings. The van der Waals surface area contributed by atoms with E-state index in [9.17, 15) is 4.79 Å². The predicted octanol–water partition coefficient (Wildman–Crippen LogP) is 3.31. The number of piperidine rings is 1. The summed E-state index contributed by atoms with van der Waals surface area (Å²) in [6.07, 6.45) is 5.76. The molecule has 0 aliphatic carbocycles. The van der Waals surface area contributed by atoms with Crippen LogP contribution in [-0.2, 0) is 11.2 Å². The van der Waals surface area contributed by atoms with Crippen LogP contribution in [0.1, 0.15) is 38.2 Å². The molecule has 1 saturated heterocycles. The van der Waals surface area contributed by atoms with E-state index in [1.807, 2.05) is 30.3 Å². The predicted molar refractivity (Wildman–Crippen MR) is 79.2 cm³/mol. The Balaban J connectivity index is 1.72. The number of rotatable bonds is 6. The number of benzene rings is 1. The summed E-state index contributed by atoms with van der Waals surface area (Å²) in [6.45, 7) is 5.10. The minimum absolute atomic E-state index is 0.347. The number of carbonyl (C=O) groups is 1. The molecule has 1 fully saturated rings. The minimum atomic E-state index is 0.347. The number of carbonyl (C=O) groups excluding carboxylic acids is 1. The van der Waals surface area contributed by atoms with Gasteiger partial charge in [-0.05, 0) is 37.4 Å². The summed E-state index contributed by atoms with van der Waals surface area (Å²) in [5.41, 5.74) is 1.13. The third kappa shape index (κ3) is 4.79. The van der Waals surface area contributed by atoms with Gasteiger partial charge in [-0.15, -0.1) is 0 Å². The van der Waals surface area contributed by atoms with E-state index < -0.39 is 0 Å². The Kier molecular flexibility index (Phi) is 5.59. The molecule has 1 aromatic carbocycles. The minimum Gasteiger partial charge on any atom is -0.298 e. The summed E-state index contributed by atoms with van der Waals surface area (Å²) < 4.78 is 0. The first kappa shape index (κ1) is 14.3. The first-order valence-corrected chi connectivity index (χ1v) is 7.56. The van der Waals surface area contributed by atoms with Gasteiger partial charge in [0.25, 0.3) is 0 Å². The van der Waals surface area contributed by atoms with Gasteiger partial charge in [0, 0.05) is 6.42 Å². The number of ketones is 1. The smallest absolute Gasteiger partial charge is 0.151 e. The van der Waals surface area contributed by atoms with E-state index in [1.54, 1.807) is 0 Å². The molecule has 19 heavy (non-hydrogen) atoms. The van der Waals surface area contributed by atoms with E-state index in [-0.39, 0.29) is 0 Å². The van der Waals surface area contributed by atoms with Crippen molar-refractivity contribution in [3.8, 4) is 0 Å². The van der Waals surface area contributed by atoms with Crippen LogP contribution in [0.4, 0.5) is 0 Å². The highest BCUT2D eigenvalue weighted by atomic mass is 16.1. The van der Waals surface area contributed by atoms with Crippen LogP contribution >= 0.6 is 0 Å². The Bertz CT molecular complexity index is 380. The molecule has 2 rings (SSSR count). The van der Waals surface area contributed by atoms with E-state index in [0.29, 0.717) is 18.7 Å². The number of nitrogens with zero attached hydrogens (tertiary/aromatic N) is 1. The average molecular weight is 259 g/mol. The molecule has 1 heterocycles. The Morgan fingerprint density at radius 1 is 1.21 bits per heavy atom. The maximum atomic E-state index is 12.0. The van der Waals surface area contributed by atoms with Gasteiger partial charge in [-0.3, -0.25) is 9.69 Å². The average Bonchev–Trinajstić information content (AvgIpc) is 2.42. The molecule has 0 bridgehead atoms. The van der Waals surface area contributed by atoms with Crippen molar-refractivity contribution in [2.45, 2.75) is 39.0 Å². The van der Waals surface area contributed by atoms with Crippen molar-refractivity contribution in [3.05, 3.63) is 35.9 Å². The summed E-state index contributed by atoms with van der Waals surface area (Å²) in [7, 11) is 0. The fourth-order valence-electron chi connectivity index (χ4n) is 2.97. The highest BCUT2D eigenvalue weighted by Gasteiger charge is 2.20. The molecule has 1 aliphatic heterocycles. The lowest BCUT2D eigenvalue weighted by molar-refractivity contribution is -0.119. The summed E-state index contributed by atoms with van der Waals surface area (Å²) in [5.74, 6) is 1.24. The highest BCUT2D eigenvalue weighted by molar-refractivity contribution is 5.82.